The summed E-state index contributed by atoms with van der Waals surface area (Å²) in [5, 5.41) is 12.5. The quantitative estimate of drug-likeness (QED) is 0.296. The number of urea groups is 1. The number of hydrogen-bond acceptors (Lipinski definition) is 3. The van der Waals surface area contributed by atoms with Crippen molar-refractivity contribution in [2.75, 3.05) is 16.8 Å². The number of nitrogens with one attached hydrogen (secondary N) is 2. The summed E-state index contributed by atoms with van der Waals surface area (Å²) >= 11 is 0. The lowest BCUT2D eigenvalue weighted by molar-refractivity contribution is -0.117. The Morgan fingerprint density at radius 1 is 0.967 bits per heavy atom. The summed E-state index contributed by atoms with van der Waals surface area (Å²) in [6.45, 7) is -0.0170. The number of carbonyl (C=O) groups excluding carboxylic acids is 3. The van der Waals surface area contributed by atoms with E-state index in [-0.39, 0.29) is 31.6 Å². The summed E-state index contributed by atoms with van der Waals surface area (Å²) in [7, 11) is 0. The highest BCUT2D eigenvalue weighted by Gasteiger charge is 2.27. The Labute approximate surface area is 173 Å². The van der Waals surface area contributed by atoms with Crippen LogP contribution >= 0.6 is 0 Å². The Balaban J connectivity index is 0.00000256. The van der Waals surface area contributed by atoms with Crippen LogP contribution in [-0.4, -0.2) is 30.2 Å². The van der Waals surface area contributed by atoms with Gasteiger partial charge >= 0.3 is 6.03 Å². The van der Waals surface area contributed by atoms with Gasteiger partial charge in [-0.3, -0.25) is 30.9 Å². The molecule has 3 aromatic rings. The first-order valence-electron chi connectivity index (χ1n) is 8.85. The minimum atomic E-state index is -0.458. The molecule has 0 aliphatic carbocycles. The highest BCUT2D eigenvalue weighted by atomic mass is 16.2. The molecule has 152 valence electrons. The molecule has 0 atom stereocenters. The molecule has 1 aliphatic rings. The second-order valence-corrected chi connectivity index (χ2v) is 6.67. The number of amidine groups is 1. The van der Waals surface area contributed by atoms with E-state index in [1.54, 1.807) is 42.5 Å². The number of amides is 4. The van der Waals surface area contributed by atoms with Crippen molar-refractivity contribution in [3.8, 4) is 0 Å². The van der Waals surface area contributed by atoms with Crippen molar-refractivity contribution in [1.82, 2.24) is 5.32 Å². The van der Waals surface area contributed by atoms with E-state index < -0.39 is 6.03 Å². The fourth-order valence-corrected chi connectivity index (χ4v) is 3.14. The van der Waals surface area contributed by atoms with E-state index in [2.05, 4.69) is 10.6 Å². The molecule has 0 radical (unpaired) electrons. The number of rotatable bonds is 4. The van der Waals surface area contributed by atoms with Crippen molar-refractivity contribution in [2.24, 2.45) is 5.73 Å². The van der Waals surface area contributed by atoms with Gasteiger partial charge in [-0.1, -0.05) is 19.6 Å². The van der Waals surface area contributed by atoms with Crippen LogP contribution in [0.1, 0.15) is 23.3 Å². The lowest BCUT2D eigenvalue weighted by atomic mass is 10.0. The fraction of sp³-hybridized carbons (Fsp3) is 0.0909. The van der Waals surface area contributed by atoms with Crippen LogP contribution in [0.15, 0.2) is 60.7 Å². The standard InChI is InChI=1S/C21H17N5O3.CH4/c22-19(23)14-3-1-13-10-15(4-2-12(13)9-14)20(28)24-16-5-7-17(8-6-16)26-11-18(27)25-21(26)29;/h1-10H,11H2,(H3,22,23)(H,24,28)(H,25,27,29);1H4/p+1. The zero-order chi connectivity index (χ0) is 20.5. The van der Waals surface area contributed by atoms with Crippen molar-refractivity contribution in [2.45, 2.75) is 7.43 Å². The summed E-state index contributed by atoms with van der Waals surface area (Å²) in [6, 6.07) is 17.1. The summed E-state index contributed by atoms with van der Waals surface area (Å²) in [6.07, 6.45) is 0. The van der Waals surface area contributed by atoms with Gasteiger partial charge in [-0.25, -0.2) is 4.79 Å². The molecule has 3 aromatic carbocycles. The topological polar surface area (TPSA) is 130 Å². The van der Waals surface area contributed by atoms with Crippen molar-refractivity contribution in [1.29, 1.82) is 0 Å². The highest BCUT2D eigenvalue weighted by Crippen LogP contribution is 2.22. The monoisotopic (exact) mass is 404 g/mol. The molecule has 4 amide bonds. The molecule has 0 aromatic heterocycles. The van der Waals surface area contributed by atoms with Crippen LogP contribution in [0.3, 0.4) is 0 Å². The Bertz CT molecular complexity index is 1170. The van der Waals surface area contributed by atoms with Crippen LogP contribution in [0.2, 0.25) is 0 Å². The molecule has 8 heteroatoms. The van der Waals surface area contributed by atoms with E-state index in [0.717, 1.165) is 16.3 Å². The Kier molecular flexibility index (Phi) is 5.50. The fourth-order valence-electron chi connectivity index (χ4n) is 3.14. The van der Waals surface area contributed by atoms with Gasteiger partial charge in [0.25, 0.3) is 11.7 Å². The van der Waals surface area contributed by atoms with Gasteiger partial charge in [-0.05, 0) is 59.3 Å². The van der Waals surface area contributed by atoms with E-state index in [9.17, 15) is 14.4 Å². The van der Waals surface area contributed by atoms with Gasteiger partial charge < -0.3 is 5.32 Å². The lowest BCUT2D eigenvalue weighted by Crippen LogP contribution is -2.46. The third-order valence-corrected chi connectivity index (χ3v) is 4.67. The molecular formula is C22H22N5O3+. The summed E-state index contributed by atoms with van der Waals surface area (Å²) < 4.78 is 0. The molecule has 0 bridgehead atoms. The summed E-state index contributed by atoms with van der Waals surface area (Å²) in [5.41, 5.74) is 8.01. The highest BCUT2D eigenvalue weighted by molar-refractivity contribution is 6.12. The number of anilines is 2. The first kappa shape index (κ1) is 20.5. The van der Waals surface area contributed by atoms with Gasteiger partial charge in [-0.2, -0.15) is 0 Å². The van der Waals surface area contributed by atoms with E-state index in [4.69, 9.17) is 11.1 Å². The van der Waals surface area contributed by atoms with Crippen LogP contribution in [0.25, 0.3) is 10.8 Å². The SMILES string of the molecule is C.NC(=[NH2+])c1ccc2cc(C(=O)Nc3ccc(N4CC(=O)NC4=O)cc3)ccc2c1. The number of nitrogens with two attached hydrogens (primary N) is 2. The smallest absolute Gasteiger partial charge is 0.322 e. The van der Waals surface area contributed by atoms with Crippen molar-refractivity contribution < 1.29 is 19.8 Å². The third-order valence-electron chi connectivity index (χ3n) is 4.67. The average Bonchev–Trinajstić information content (AvgIpc) is 3.05. The maximum absolute atomic E-state index is 12.6. The molecule has 1 fully saturated rings. The number of carbonyl (C=O) groups is 3. The van der Waals surface area contributed by atoms with Crippen LogP contribution in [0.5, 0.6) is 0 Å². The summed E-state index contributed by atoms with van der Waals surface area (Å²) in [4.78, 5) is 36.9. The van der Waals surface area contributed by atoms with Crippen LogP contribution in [-0.2, 0) is 4.79 Å². The van der Waals surface area contributed by atoms with Crippen LogP contribution < -0.4 is 26.7 Å². The first-order valence-corrected chi connectivity index (χ1v) is 8.85. The predicted octanol–water partition coefficient (Wildman–Crippen LogP) is 1.25. The lowest BCUT2D eigenvalue weighted by Gasteiger charge is -2.14. The Morgan fingerprint density at radius 3 is 2.13 bits per heavy atom. The minimum Gasteiger partial charge on any atom is -0.322 e. The number of nitrogens with zero attached hydrogens (tertiary/aromatic N) is 1. The predicted molar refractivity (Wildman–Crippen MR) is 116 cm³/mol. The zero-order valence-corrected chi connectivity index (χ0v) is 15.3. The maximum atomic E-state index is 12.6. The normalized spacial score (nSPS) is 13.0. The van der Waals surface area contributed by atoms with E-state index in [1.165, 1.54) is 4.90 Å². The third kappa shape index (κ3) is 3.97. The number of fused-ring (bicyclic) bond motifs is 1. The largest absolute Gasteiger partial charge is 0.329 e. The van der Waals surface area contributed by atoms with Gasteiger partial charge in [0.1, 0.15) is 6.54 Å². The maximum Gasteiger partial charge on any atom is 0.329 e. The molecule has 0 spiro atoms. The Hall–Kier alpha value is -4.20. The van der Waals surface area contributed by atoms with Crippen molar-refractivity contribution >= 4 is 45.8 Å². The van der Waals surface area contributed by atoms with Crippen LogP contribution in [0, 0.1) is 0 Å². The molecule has 0 unspecified atom stereocenters. The Morgan fingerprint density at radius 2 is 1.57 bits per heavy atom. The van der Waals surface area contributed by atoms with Gasteiger partial charge in [0.05, 0.1) is 5.56 Å². The second-order valence-electron chi connectivity index (χ2n) is 6.67. The molecule has 8 nitrogen and oxygen atoms in total. The molecule has 1 heterocycles. The molecule has 0 saturated carbocycles. The summed E-state index contributed by atoms with van der Waals surface area (Å²) in [5.74, 6) is -0.362. The van der Waals surface area contributed by atoms with Gasteiger partial charge in [0, 0.05) is 16.9 Å². The molecular weight excluding hydrogens is 382 g/mol. The van der Waals surface area contributed by atoms with Crippen LogP contribution in [0.4, 0.5) is 16.2 Å². The van der Waals surface area contributed by atoms with E-state index in [1.807, 2.05) is 18.2 Å². The number of benzene rings is 3. The first-order chi connectivity index (χ1) is 13.9. The number of imide groups is 1. The second kappa shape index (κ2) is 8.04. The molecule has 30 heavy (non-hydrogen) atoms. The molecule has 4 rings (SSSR count). The molecule has 1 aliphatic heterocycles. The van der Waals surface area contributed by atoms with Gasteiger partial charge in [0.2, 0.25) is 5.91 Å². The van der Waals surface area contributed by atoms with Gasteiger partial charge in [-0.15, -0.1) is 0 Å². The number of hydrogen-bond donors (Lipinski definition) is 4. The van der Waals surface area contributed by atoms with Crippen molar-refractivity contribution in [3.63, 3.8) is 0 Å². The zero-order valence-electron chi connectivity index (χ0n) is 15.3. The minimum absolute atomic E-state index is 0. The average molecular weight is 404 g/mol. The van der Waals surface area contributed by atoms with E-state index >= 15 is 0 Å². The molecule has 6 N–H and O–H groups in total. The van der Waals surface area contributed by atoms with E-state index in [0.29, 0.717) is 16.9 Å². The van der Waals surface area contributed by atoms with Crippen molar-refractivity contribution in [3.05, 3.63) is 71.8 Å². The molecule has 1 saturated heterocycles. The van der Waals surface area contributed by atoms with Gasteiger partial charge in [0.15, 0.2) is 0 Å².